The minimum atomic E-state index is -0.675. The summed E-state index contributed by atoms with van der Waals surface area (Å²) in [5.41, 5.74) is 1.52. The number of unbranched alkanes of at least 4 members (excludes halogenated alkanes) is 1. The maximum Gasteiger partial charge on any atom is 0.251 e. The van der Waals surface area contributed by atoms with Gasteiger partial charge in [-0.2, -0.15) is 0 Å². The molecule has 2 unspecified atom stereocenters. The van der Waals surface area contributed by atoms with E-state index in [0.29, 0.717) is 18.6 Å². The second-order valence-electron chi connectivity index (χ2n) is 8.77. The highest BCUT2D eigenvalue weighted by molar-refractivity contribution is 5.97. The Labute approximate surface area is 203 Å². The number of rotatable bonds is 15. The SMILES string of the molecule is CCCCC(CC(=O)COCc1ccccc1)NC(=O)[C@@H](NC(=O)c1ccccc1)C(C)CC. The van der Waals surface area contributed by atoms with Gasteiger partial charge < -0.3 is 15.4 Å². The molecule has 34 heavy (non-hydrogen) atoms. The highest BCUT2D eigenvalue weighted by atomic mass is 16.5. The van der Waals surface area contributed by atoms with E-state index in [0.717, 1.165) is 24.8 Å². The number of amides is 2. The van der Waals surface area contributed by atoms with Crippen molar-refractivity contribution in [2.24, 2.45) is 5.92 Å². The Morgan fingerprint density at radius 2 is 1.56 bits per heavy atom. The van der Waals surface area contributed by atoms with Crippen molar-refractivity contribution in [1.82, 2.24) is 10.6 Å². The monoisotopic (exact) mass is 466 g/mol. The summed E-state index contributed by atoms with van der Waals surface area (Å²) in [6, 6.07) is 17.6. The number of ether oxygens (including phenoxy) is 1. The average Bonchev–Trinajstić information content (AvgIpc) is 2.86. The number of hydrogen-bond donors (Lipinski definition) is 2. The first-order valence-corrected chi connectivity index (χ1v) is 12.2. The van der Waals surface area contributed by atoms with Crippen LogP contribution in [-0.4, -0.2) is 36.3 Å². The van der Waals surface area contributed by atoms with Gasteiger partial charge in [-0.25, -0.2) is 0 Å². The number of benzene rings is 2. The average molecular weight is 467 g/mol. The first-order chi connectivity index (χ1) is 16.4. The summed E-state index contributed by atoms with van der Waals surface area (Å²) in [5.74, 6) is -0.635. The molecule has 2 N–H and O–H groups in total. The van der Waals surface area contributed by atoms with Gasteiger partial charge >= 0.3 is 0 Å². The normalized spacial score (nSPS) is 13.5. The molecular formula is C28H38N2O4. The fourth-order valence-electron chi connectivity index (χ4n) is 3.67. The van der Waals surface area contributed by atoms with Crippen molar-refractivity contribution in [3.05, 3.63) is 71.8 Å². The molecule has 0 saturated carbocycles. The van der Waals surface area contributed by atoms with Crippen molar-refractivity contribution in [3.8, 4) is 0 Å². The quantitative estimate of drug-likeness (QED) is 0.399. The lowest BCUT2D eigenvalue weighted by molar-refractivity contribution is -0.126. The summed E-state index contributed by atoms with van der Waals surface area (Å²) in [7, 11) is 0. The Balaban J connectivity index is 1.96. The van der Waals surface area contributed by atoms with Crippen LogP contribution in [0.5, 0.6) is 0 Å². The van der Waals surface area contributed by atoms with Crippen LogP contribution in [0.3, 0.4) is 0 Å². The molecule has 0 heterocycles. The van der Waals surface area contributed by atoms with Crippen LogP contribution in [0.15, 0.2) is 60.7 Å². The summed E-state index contributed by atoms with van der Waals surface area (Å²) in [6.45, 7) is 6.39. The molecule has 3 atom stereocenters. The number of carbonyl (C=O) groups excluding carboxylic acids is 3. The number of hydrogen-bond acceptors (Lipinski definition) is 4. The van der Waals surface area contributed by atoms with Gasteiger partial charge in [0, 0.05) is 18.0 Å². The number of carbonyl (C=O) groups is 3. The van der Waals surface area contributed by atoms with E-state index in [9.17, 15) is 14.4 Å². The van der Waals surface area contributed by atoms with Crippen molar-refractivity contribution >= 4 is 17.6 Å². The molecule has 2 rings (SSSR count). The lowest BCUT2D eigenvalue weighted by Crippen LogP contribution is -2.53. The van der Waals surface area contributed by atoms with E-state index in [4.69, 9.17) is 4.74 Å². The molecular weight excluding hydrogens is 428 g/mol. The molecule has 0 aliphatic rings. The van der Waals surface area contributed by atoms with Gasteiger partial charge in [0.1, 0.15) is 12.6 Å². The van der Waals surface area contributed by atoms with Gasteiger partial charge in [0.15, 0.2) is 5.78 Å². The molecule has 0 aromatic heterocycles. The third kappa shape index (κ3) is 9.48. The topological polar surface area (TPSA) is 84.5 Å². The van der Waals surface area contributed by atoms with Crippen LogP contribution in [0.25, 0.3) is 0 Å². The molecule has 2 aromatic rings. The zero-order valence-electron chi connectivity index (χ0n) is 20.6. The molecule has 0 radical (unpaired) electrons. The maximum absolute atomic E-state index is 13.2. The fraction of sp³-hybridized carbons (Fsp3) is 0.464. The fourth-order valence-corrected chi connectivity index (χ4v) is 3.67. The van der Waals surface area contributed by atoms with E-state index in [2.05, 4.69) is 17.6 Å². The molecule has 6 nitrogen and oxygen atoms in total. The van der Waals surface area contributed by atoms with E-state index in [1.165, 1.54) is 0 Å². The van der Waals surface area contributed by atoms with E-state index >= 15 is 0 Å². The second kappa shape index (κ2) is 15.0. The van der Waals surface area contributed by atoms with Crippen molar-refractivity contribution in [2.45, 2.75) is 71.6 Å². The van der Waals surface area contributed by atoms with E-state index in [1.54, 1.807) is 24.3 Å². The third-order valence-electron chi connectivity index (χ3n) is 5.92. The van der Waals surface area contributed by atoms with Gasteiger partial charge in [-0.3, -0.25) is 14.4 Å². The number of Topliss-reactive ketones (excluding diaryl/α,β-unsaturated/α-hetero) is 1. The predicted molar refractivity (Wildman–Crippen MR) is 134 cm³/mol. The van der Waals surface area contributed by atoms with Gasteiger partial charge in [-0.15, -0.1) is 0 Å². The molecule has 2 aromatic carbocycles. The van der Waals surface area contributed by atoms with E-state index < -0.39 is 6.04 Å². The molecule has 6 heteroatoms. The van der Waals surface area contributed by atoms with Gasteiger partial charge in [-0.05, 0) is 30.0 Å². The molecule has 0 aliphatic carbocycles. The van der Waals surface area contributed by atoms with Crippen LogP contribution in [0.2, 0.25) is 0 Å². The summed E-state index contributed by atoms with van der Waals surface area (Å²) in [4.78, 5) is 38.5. The van der Waals surface area contributed by atoms with E-state index in [-0.39, 0.29) is 42.6 Å². The lowest BCUT2D eigenvalue weighted by atomic mass is 9.96. The number of ketones is 1. The summed E-state index contributed by atoms with van der Waals surface area (Å²) in [5, 5.41) is 5.92. The third-order valence-corrected chi connectivity index (χ3v) is 5.92. The van der Waals surface area contributed by atoms with Crippen LogP contribution >= 0.6 is 0 Å². The summed E-state index contributed by atoms with van der Waals surface area (Å²) >= 11 is 0. The van der Waals surface area contributed by atoms with Gasteiger partial charge in [-0.1, -0.05) is 88.6 Å². The minimum Gasteiger partial charge on any atom is -0.369 e. The Bertz CT molecular complexity index is 886. The smallest absolute Gasteiger partial charge is 0.251 e. The summed E-state index contributed by atoms with van der Waals surface area (Å²) < 4.78 is 5.58. The van der Waals surface area contributed by atoms with Gasteiger partial charge in [0.2, 0.25) is 5.91 Å². The van der Waals surface area contributed by atoms with Crippen molar-refractivity contribution in [3.63, 3.8) is 0 Å². The van der Waals surface area contributed by atoms with Crippen molar-refractivity contribution in [2.75, 3.05) is 6.61 Å². The maximum atomic E-state index is 13.2. The molecule has 0 spiro atoms. The molecule has 0 saturated heterocycles. The zero-order valence-corrected chi connectivity index (χ0v) is 20.6. The highest BCUT2D eigenvalue weighted by Crippen LogP contribution is 2.13. The summed E-state index contributed by atoms with van der Waals surface area (Å²) in [6.07, 6.45) is 3.50. The Morgan fingerprint density at radius 3 is 2.18 bits per heavy atom. The van der Waals surface area contributed by atoms with Crippen molar-refractivity contribution < 1.29 is 19.1 Å². The van der Waals surface area contributed by atoms with Gasteiger partial charge in [0.25, 0.3) is 5.91 Å². The molecule has 0 aliphatic heterocycles. The largest absolute Gasteiger partial charge is 0.369 e. The van der Waals surface area contributed by atoms with Crippen LogP contribution in [0.4, 0.5) is 0 Å². The first kappa shape index (κ1) is 27.3. The minimum absolute atomic E-state index is 0.00687. The molecule has 2 amide bonds. The van der Waals surface area contributed by atoms with Crippen LogP contribution in [0, 0.1) is 5.92 Å². The van der Waals surface area contributed by atoms with Crippen molar-refractivity contribution in [1.29, 1.82) is 0 Å². The second-order valence-corrected chi connectivity index (χ2v) is 8.77. The van der Waals surface area contributed by atoms with Gasteiger partial charge in [0.05, 0.1) is 6.61 Å². The molecule has 184 valence electrons. The zero-order chi connectivity index (χ0) is 24.8. The van der Waals surface area contributed by atoms with Crippen LogP contribution < -0.4 is 10.6 Å². The van der Waals surface area contributed by atoms with E-state index in [1.807, 2.05) is 50.2 Å². The Morgan fingerprint density at radius 1 is 0.912 bits per heavy atom. The highest BCUT2D eigenvalue weighted by Gasteiger charge is 2.28. The van der Waals surface area contributed by atoms with Crippen LogP contribution in [-0.2, 0) is 20.9 Å². The lowest BCUT2D eigenvalue weighted by Gasteiger charge is -2.26. The Kier molecular flexibility index (Phi) is 12.0. The standard InChI is InChI=1S/C28H38N2O4/c1-4-6-17-24(18-25(31)20-34-19-22-13-9-7-10-14-22)29-28(33)26(21(3)5-2)30-27(32)23-15-11-8-12-16-23/h7-16,21,24,26H,4-6,17-20H2,1-3H3,(H,29,33)(H,30,32)/t21?,24?,26-/m0/s1. The molecule has 0 bridgehead atoms. The number of nitrogens with one attached hydrogen (secondary N) is 2. The molecule has 0 fully saturated rings. The Hall–Kier alpha value is -2.99. The van der Waals surface area contributed by atoms with Crippen LogP contribution in [0.1, 0.15) is 68.8 Å². The first-order valence-electron chi connectivity index (χ1n) is 12.2. The predicted octanol–water partition coefficient (Wildman–Crippen LogP) is 4.68.